The number of rotatable bonds is 4. The van der Waals surface area contributed by atoms with E-state index in [-0.39, 0.29) is 11.9 Å². The van der Waals surface area contributed by atoms with E-state index in [1.54, 1.807) is 6.20 Å². The second kappa shape index (κ2) is 8.26. The van der Waals surface area contributed by atoms with Crippen LogP contribution in [0.3, 0.4) is 0 Å². The lowest BCUT2D eigenvalue weighted by molar-refractivity contribution is 0.0642. The molecule has 0 saturated carbocycles. The van der Waals surface area contributed by atoms with Gasteiger partial charge in [-0.3, -0.25) is 9.78 Å². The Morgan fingerprint density at radius 3 is 2.68 bits per heavy atom. The third-order valence-electron chi connectivity index (χ3n) is 4.77. The molecule has 0 radical (unpaired) electrons. The second-order valence-electron chi connectivity index (χ2n) is 6.97. The van der Waals surface area contributed by atoms with Gasteiger partial charge in [-0.1, -0.05) is 23.3 Å². The summed E-state index contributed by atoms with van der Waals surface area (Å²) in [5.41, 5.74) is 3.98. The Hall–Kier alpha value is -2.20. The van der Waals surface area contributed by atoms with Crippen LogP contribution < -0.4 is 5.32 Å². The number of amides is 1. The van der Waals surface area contributed by atoms with Gasteiger partial charge >= 0.3 is 0 Å². The molecule has 4 nitrogen and oxygen atoms in total. The minimum Gasteiger partial charge on any atom is -0.330 e. The van der Waals surface area contributed by atoms with Gasteiger partial charge < -0.3 is 10.2 Å². The first-order valence-electron chi connectivity index (χ1n) is 9.13. The van der Waals surface area contributed by atoms with Gasteiger partial charge in [-0.2, -0.15) is 0 Å². The predicted molar refractivity (Wildman–Crippen MR) is 101 cm³/mol. The molecule has 1 unspecified atom stereocenters. The van der Waals surface area contributed by atoms with E-state index >= 15 is 0 Å². The Morgan fingerprint density at radius 1 is 1.16 bits per heavy atom. The van der Waals surface area contributed by atoms with Crippen molar-refractivity contribution in [1.29, 1.82) is 0 Å². The summed E-state index contributed by atoms with van der Waals surface area (Å²) in [6.45, 7) is 6.65. The van der Waals surface area contributed by atoms with E-state index in [9.17, 15) is 4.79 Å². The van der Waals surface area contributed by atoms with Crippen LogP contribution in [0, 0.1) is 13.8 Å². The third kappa shape index (κ3) is 4.67. The number of nitrogens with zero attached hydrogens (tertiary/aromatic N) is 2. The molecule has 1 aromatic heterocycles. The summed E-state index contributed by atoms with van der Waals surface area (Å²) in [6, 6.07) is 12.2. The van der Waals surface area contributed by atoms with Crippen LogP contribution in [0.4, 0.5) is 0 Å². The maximum atomic E-state index is 13.3. The molecule has 0 bridgehead atoms. The van der Waals surface area contributed by atoms with Gasteiger partial charge in [-0.25, -0.2) is 0 Å². The molecular formula is C21H27N3O. The first-order chi connectivity index (χ1) is 12.1. The molecule has 1 N–H and O–H groups in total. The summed E-state index contributed by atoms with van der Waals surface area (Å²) < 4.78 is 0. The van der Waals surface area contributed by atoms with Crippen LogP contribution in [0.5, 0.6) is 0 Å². The molecule has 1 saturated heterocycles. The Kier molecular flexibility index (Phi) is 5.82. The molecule has 1 aliphatic heterocycles. The van der Waals surface area contributed by atoms with Crippen molar-refractivity contribution in [3.8, 4) is 0 Å². The quantitative estimate of drug-likeness (QED) is 0.929. The molecule has 1 fully saturated rings. The number of nitrogens with one attached hydrogen (secondary N) is 1. The molecule has 1 aliphatic rings. The van der Waals surface area contributed by atoms with Gasteiger partial charge in [0.25, 0.3) is 5.91 Å². The number of pyridine rings is 1. The summed E-state index contributed by atoms with van der Waals surface area (Å²) in [5.74, 6) is 0.115. The summed E-state index contributed by atoms with van der Waals surface area (Å²) in [6.07, 6.45) is 4.92. The van der Waals surface area contributed by atoms with Crippen LogP contribution in [0.1, 0.15) is 46.4 Å². The zero-order chi connectivity index (χ0) is 17.6. The number of hydrogen-bond acceptors (Lipinski definition) is 3. The van der Waals surface area contributed by atoms with E-state index in [1.165, 1.54) is 0 Å². The highest BCUT2D eigenvalue weighted by molar-refractivity contribution is 5.94. The van der Waals surface area contributed by atoms with E-state index in [4.69, 9.17) is 0 Å². The minimum absolute atomic E-state index is 0.115. The summed E-state index contributed by atoms with van der Waals surface area (Å²) in [5, 5.41) is 3.44. The third-order valence-corrected chi connectivity index (χ3v) is 4.77. The fourth-order valence-corrected chi connectivity index (χ4v) is 3.61. The molecule has 2 aromatic rings. The number of aryl methyl sites for hydroxylation is 2. The summed E-state index contributed by atoms with van der Waals surface area (Å²) in [4.78, 5) is 19.8. The molecule has 1 atom stereocenters. The molecule has 132 valence electrons. The molecule has 1 amide bonds. The zero-order valence-electron chi connectivity index (χ0n) is 15.2. The number of hydrogen-bond donors (Lipinski definition) is 1. The van der Waals surface area contributed by atoms with Gasteiger partial charge in [0.1, 0.15) is 0 Å². The average molecular weight is 337 g/mol. The monoisotopic (exact) mass is 337 g/mol. The fraction of sp³-hybridized carbons (Fsp3) is 0.429. The lowest BCUT2D eigenvalue weighted by Crippen LogP contribution is -2.40. The highest BCUT2D eigenvalue weighted by Gasteiger charge is 2.26. The van der Waals surface area contributed by atoms with E-state index in [0.717, 1.165) is 54.7 Å². The van der Waals surface area contributed by atoms with Crippen LogP contribution in [0.25, 0.3) is 0 Å². The van der Waals surface area contributed by atoms with Crippen molar-refractivity contribution >= 4 is 5.91 Å². The highest BCUT2D eigenvalue weighted by atomic mass is 16.2. The maximum absolute atomic E-state index is 13.3. The summed E-state index contributed by atoms with van der Waals surface area (Å²) in [7, 11) is 0. The van der Waals surface area contributed by atoms with Crippen molar-refractivity contribution in [3.05, 3.63) is 65.0 Å². The van der Waals surface area contributed by atoms with Crippen LogP contribution in [0.15, 0.2) is 42.6 Å². The number of aromatic nitrogens is 1. The zero-order valence-corrected chi connectivity index (χ0v) is 15.2. The van der Waals surface area contributed by atoms with E-state index < -0.39 is 0 Å². The van der Waals surface area contributed by atoms with Crippen LogP contribution in [0.2, 0.25) is 0 Å². The summed E-state index contributed by atoms with van der Waals surface area (Å²) >= 11 is 0. The lowest BCUT2D eigenvalue weighted by Gasteiger charge is -2.31. The first-order valence-corrected chi connectivity index (χ1v) is 9.13. The molecule has 3 rings (SSSR count). The van der Waals surface area contributed by atoms with Crippen molar-refractivity contribution in [1.82, 2.24) is 15.2 Å². The highest BCUT2D eigenvalue weighted by Crippen LogP contribution is 2.20. The molecule has 1 aromatic carbocycles. The largest absolute Gasteiger partial charge is 0.330 e. The maximum Gasteiger partial charge on any atom is 0.254 e. The van der Waals surface area contributed by atoms with E-state index in [2.05, 4.69) is 16.4 Å². The average Bonchev–Trinajstić information content (AvgIpc) is 2.88. The van der Waals surface area contributed by atoms with Crippen molar-refractivity contribution in [3.63, 3.8) is 0 Å². The molecule has 2 heterocycles. The van der Waals surface area contributed by atoms with Gasteiger partial charge in [-0.05, 0) is 70.5 Å². The van der Waals surface area contributed by atoms with Gasteiger partial charge in [0.15, 0.2) is 0 Å². The van der Waals surface area contributed by atoms with E-state index in [1.807, 2.05) is 49.1 Å². The van der Waals surface area contributed by atoms with Crippen molar-refractivity contribution in [2.24, 2.45) is 0 Å². The number of carbonyl (C=O) groups excluding carboxylic acids is 1. The topological polar surface area (TPSA) is 45.2 Å². The van der Waals surface area contributed by atoms with Crippen molar-refractivity contribution in [2.75, 3.05) is 13.1 Å². The Labute approximate surface area is 150 Å². The van der Waals surface area contributed by atoms with Crippen LogP contribution in [-0.2, 0) is 6.54 Å². The smallest absolute Gasteiger partial charge is 0.254 e. The minimum atomic E-state index is 0.115. The first kappa shape index (κ1) is 17.6. The fourth-order valence-electron chi connectivity index (χ4n) is 3.61. The Balaban J connectivity index is 1.89. The standard InChI is InChI=1S/C21H27N3O/c1-16-12-17(2)14-18(13-16)21(25)24(15-19-6-3-4-10-23-19)20-7-5-9-22-11-8-20/h3-4,6,10,12-14,20,22H,5,7-9,11,15H2,1-2H3. The SMILES string of the molecule is Cc1cc(C)cc(C(=O)N(Cc2ccccn2)C2CCCNCC2)c1. The molecule has 25 heavy (non-hydrogen) atoms. The second-order valence-corrected chi connectivity index (χ2v) is 6.97. The Bertz CT molecular complexity index is 686. The van der Waals surface area contributed by atoms with Gasteiger partial charge in [0.2, 0.25) is 0 Å². The van der Waals surface area contributed by atoms with E-state index in [0.29, 0.717) is 6.54 Å². The van der Waals surface area contributed by atoms with Gasteiger partial charge in [0.05, 0.1) is 12.2 Å². The predicted octanol–water partition coefficient (Wildman–Crippen LogP) is 3.48. The van der Waals surface area contributed by atoms with Crippen molar-refractivity contribution in [2.45, 2.75) is 45.7 Å². The van der Waals surface area contributed by atoms with Crippen molar-refractivity contribution < 1.29 is 4.79 Å². The van der Waals surface area contributed by atoms with Crippen LogP contribution >= 0.6 is 0 Å². The molecule has 4 heteroatoms. The number of carbonyl (C=O) groups is 1. The Morgan fingerprint density at radius 2 is 1.96 bits per heavy atom. The molecule has 0 aliphatic carbocycles. The van der Waals surface area contributed by atoms with Gasteiger partial charge in [-0.15, -0.1) is 0 Å². The lowest BCUT2D eigenvalue weighted by atomic mass is 10.0. The molecule has 0 spiro atoms. The van der Waals surface area contributed by atoms with Crippen LogP contribution in [-0.4, -0.2) is 34.9 Å². The normalized spacial score (nSPS) is 17.8. The van der Waals surface area contributed by atoms with Gasteiger partial charge in [0, 0.05) is 17.8 Å². The number of benzene rings is 1. The molecular weight excluding hydrogens is 310 g/mol.